The maximum Gasteiger partial charge on any atom is 0.169 e. The van der Waals surface area contributed by atoms with Crippen LogP contribution in [0.3, 0.4) is 0 Å². The van der Waals surface area contributed by atoms with Gasteiger partial charge in [-0.05, 0) is 19.8 Å². The van der Waals surface area contributed by atoms with E-state index in [0.717, 1.165) is 24.6 Å². The first kappa shape index (κ1) is 22.8. The molecule has 5 atom stereocenters. The Morgan fingerprint density at radius 3 is 2.54 bits per heavy atom. The second-order valence-electron chi connectivity index (χ2n) is 7.07. The van der Waals surface area contributed by atoms with E-state index in [9.17, 15) is 5.11 Å². The third-order valence-corrected chi connectivity index (χ3v) is 6.03. The first-order chi connectivity index (χ1) is 11.4. The van der Waals surface area contributed by atoms with Crippen molar-refractivity contribution >= 4 is 39.3 Å². The van der Waals surface area contributed by atoms with Gasteiger partial charge in [-0.25, -0.2) is 0 Å². The summed E-state index contributed by atoms with van der Waals surface area (Å²) in [6.07, 6.45) is 5.30. The average molecular weight is 443 g/mol. The topological polar surface area (TPSA) is 47.9 Å². The second kappa shape index (κ2) is 9.62. The molecular weight excluding hydrogens is 412 g/mol. The first-order valence-electron chi connectivity index (χ1n) is 8.25. The Hall–Kier alpha value is 0.760. The van der Waals surface area contributed by atoms with Gasteiger partial charge in [-0.15, -0.1) is 29.9 Å². The molecule has 142 valence electrons. The van der Waals surface area contributed by atoms with Gasteiger partial charge in [0.05, 0.1) is 18.8 Å². The molecule has 0 aromatic heterocycles. The smallest absolute Gasteiger partial charge is 0.169 e. The van der Waals surface area contributed by atoms with Gasteiger partial charge in [0.2, 0.25) is 0 Å². The largest absolute Gasteiger partial charge is 0.396 e. The van der Waals surface area contributed by atoms with Crippen LogP contribution in [-0.4, -0.2) is 48.8 Å². The van der Waals surface area contributed by atoms with E-state index in [4.69, 9.17) is 14.2 Å². The molecule has 24 heavy (non-hydrogen) atoms. The van der Waals surface area contributed by atoms with Gasteiger partial charge in [0.15, 0.2) is 5.79 Å². The zero-order chi connectivity index (χ0) is 18.4. The fourth-order valence-corrected chi connectivity index (χ4v) is 5.05. The lowest BCUT2D eigenvalue weighted by atomic mass is 9.57. The van der Waals surface area contributed by atoms with Crippen LogP contribution in [0.2, 0.25) is 0 Å². The standard InChI is InChI=1S/C17H29BrO4.H2S2/c1-5-7-16-8-13(9-18)22-14(16)15(3,12-19)10-17(11-16,20-4)21-6-2;1-2/h5,13-14,19H,1,6-12H2,2-4H3;1-2H/t13?,14?,15-,16?,17?;/m0./s1. The molecule has 0 radical (unpaired) electrons. The highest BCUT2D eigenvalue weighted by Crippen LogP contribution is 2.60. The van der Waals surface area contributed by atoms with E-state index in [2.05, 4.69) is 52.8 Å². The number of hydrogen-bond acceptors (Lipinski definition) is 6. The number of aliphatic hydroxyl groups excluding tert-OH is 1. The molecule has 2 fully saturated rings. The van der Waals surface area contributed by atoms with E-state index in [1.165, 1.54) is 0 Å². The minimum atomic E-state index is -0.656. The van der Waals surface area contributed by atoms with Crippen molar-refractivity contribution in [1.82, 2.24) is 0 Å². The molecular formula is C17H31BrO4S2. The third-order valence-electron chi connectivity index (χ3n) is 5.31. The molecule has 0 aromatic carbocycles. The lowest BCUT2D eigenvalue weighted by Gasteiger charge is -2.55. The van der Waals surface area contributed by atoms with Gasteiger partial charge < -0.3 is 19.3 Å². The van der Waals surface area contributed by atoms with E-state index in [1.807, 2.05) is 13.0 Å². The predicted molar refractivity (Wildman–Crippen MR) is 108 cm³/mol. The quantitative estimate of drug-likeness (QED) is 0.183. The van der Waals surface area contributed by atoms with Crippen molar-refractivity contribution in [2.45, 2.75) is 57.5 Å². The van der Waals surface area contributed by atoms with Gasteiger partial charge in [0.1, 0.15) is 0 Å². The zero-order valence-corrected chi connectivity index (χ0v) is 18.2. The van der Waals surface area contributed by atoms with Crippen molar-refractivity contribution in [3.63, 3.8) is 0 Å². The Labute approximate surface area is 165 Å². The fourth-order valence-electron chi connectivity index (χ4n) is 4.67. The molecule has 4 unspecified atom stereocenters. The van der Waals surface area contributed by atoms with Crippen molar-refractivity contribution < 1.29 is 19.3 Å². The summed E-state index contributed by atoms with van der Waals surface area (Å²) in [6.45, 7) is 8.66. The van der Waals surface area contributed by atoms with E-state index < -0.39 is 5.79 Å². The summed E-state index contributed by atoms with van der Waals surface area (Å²) in [4.78, 5) is 0. The van der Waals surface area contributed by atoms with E-state index in [0.29, 0.717) is 13.0 Å². The molecule has 0 aromatic rings. The first-order valence-corrected chi connectivity index (χ1v) is 11.0. The van der Waals surface area contributed by atoms with Crippen LogP contribution in [0, 0.1) is 10.8 Å². The van der Waals surface area contributed by atoms with Gasteiger partial charge in [-0.2, -0.15) is 0 Å². The van der Waals surface area contributed by atoms with Gasteiger partial charge in [0.25, 0.3) is 0 Å². The van der Waals surface area contributed by atoms with Gasteiger partial charge in [-0.3, -0.25) is 0 Å². The number of hydrogen-bond donors (Lipinski definition) is 3. The highest BCUT2D eigenvalue weighted by Gasteiger charge is 2.63. The molecule has 1 N–H and O–H groups in total. The molecule has 1 aliphatic heterocycles. The third kappa shape index (κ3) is 4.35. The predicted octanol–water partition coefficient (Wildman–Crippen LogP) is 4.03. The summed E-state index contributed by atoms with van der Waals surface area (Å²) in [5.74, 6) is -0.656. The summed E-state index contributed by atoms with van der Waals surface area (Å²) in [7, 11) is 1.70. The monoisotopic (exact) mass is 442 g/mol. The number of alkyl halides is 1. The molecule has 1 saturated heterocycles. The van der Waals surface area contributed by atoms with Gasteiger partial charge >= 0.3 is 0 Å². The van der Waals surface area contributed by atoms with Crippen LogP contribution < -0.4 is 0 Å². The Morgan fingerprint density at radius 2 is 2.08 bits per heavy atom. The minimum Gasteiger partial charge on any atom is -0.396 e. The van der Waals surface area contributed by atoms with E-state index in [-0.39, 0.29) is 29.6 Å². The number of fused-ring (bicyclic) bond motifs is 1. The molecule has 2 aliphatic rings. The number of allylic oxidation sites excluding steroid dienone is 1. The Balaban J connectivity index is 0.00000139. The van der Waals surface area contributed by atoms with Crippen molar-refractivity contribution in [1.29, 1.82) is 0 Å². The van der Waals surface area contributed by atoms with Crippen LogP contribution in [-0.2, 0) is 14.2 Å². The van der Waals surface area contributed by atoms with Crippen molar-refractivity contribution in [3.05, 3.63) is 12.7 Å². The molecule has 0 bridgehead atoms. The fraction of sp³-hybridized carbons (Fsp3) is 0.882. The van der Waals surface area contributed by atoms with Crippen molar-refractivity contribution in [2.75, 3.05) is 25.7 Å². The van der Waals surface area contributed by atoms with Gasteiger partial charge in [0, 0.05) is 42.7 Å². The van der Waals surface area contributed by atoms with Crippen molar-refractivity contribution in [3.8, 4) is 0 Å². The molecule has 1 saturated carbocycles. The summed E-state index contributed by atoms with van der Waals surface area (Å²) in [6, 6.07) is 0. The highest BCUT2D eigenvalue weighted by atomic mass is 79.9. The second-order valence-corrected chi connectivity index (χ2v) is 7.71. The average Bonchev–Trinajstić information content (AvgIpc) is 2.96. The maximum absolute atomic E-state index is 10.1. The molecule has 1 heterocycles. The Kier molecular flexibility index (Phi) is 9.14. The number of thiol groups is 2. The van der Waals surface area contributed by atoms with E-state index >= 15 is 0 Å². The molecule has 0 amide bonds. The minimum absolute atomic E-state index is 0.00530. The lowest BCUT2D eigenvalue weighted by Crippen LogP contribution is -2.59. The highest BCUT2D eigenvalue weighted by molar-refractivity contribution is 9.09. The maximum atomic E-state index is 10.1. The summed E-state index contributed by atoms with van der Waals surface area (Å²) in [5.41, 5.74) is -0.482. The molecule has 0 spiro atoms. The van der Waals surface area contributed by atoms with Crippen LogP contribution in [0.15, 0.2) is 12.7 Å². The van der Waals surface area contributed by atoms with Crippen LogP contribution >= 0.6 is 39.3 Å². The molecule has 7 heteroatoms. The zero-order valence-electron chi connectivity index (χ0n) is 14.8. The summed E-state index contributed by atoms with van der Waals surface area (Å²) < 4.78 is 18.2. The Bertz CT molecular complexity index is 414. The van der Waals surface area contributed by atoms with Crippen LogP contribution in [0.5, 0.6) is 0 Å². The van der Waals surface area contributed by atoms with Crippen LogP contribution in [0.25, 0.3) is 0 Å². The number of ether oxygens (including phenoxy) is 3. The molecule has 1 aliphatic carbocycles. The lowest BCUT2D eigenvalue weighted by molar-refractivity contribution is -0.294. The van der Waals surface area contributed by atoms with Crippen molar-refractivity contribution in [2.24, 2.45) is 10.8 Å². The SMILES string of the molecule is C=CCC12CC(CBr)OC1[C@](C)(CO)CC(OC)(OCC)C2.SS. The number of rotatable bonds is 7. The van der Waals surface area contributed by atoms with Gasteiger partial charge in [-0.1, -0.05) is 28.9 Å². The molecule has 4 nitrogen and oxygen atoms in total. The van der Waals surface area contributed by atoms with E-state index in [1.54, 1.807) is 7.11 Å². The normalized spacial score (nSPS) is 41.3. The number of aliphatic hydroxyl groups is 1. The van der Waals surface area contributed by atoms with Crippen LogP contribution in [0.1, 0.15) is 39.5 Å². The number of halogens is 1. The Morgan fingerprint density at radius 1 is 1.42 bits per heavy atom. The van der Waals surface area contributed by atoms with Crippen LogP contribution in [0.4, 0.5) is 0 Å². The molecule has 2 rings (SSSR count). The number of methoxy groups -OCH3 is 1. The summed E-state index contributed by atoms with van der Waals surface area (Å²) in [5, 5.41) is 10.9. The summed E-state index contributed by atoms with van der Waals surface area (Å²) >= 11 is 9.99.